The summed E-state index contributed by atoms with van der Waals surface area (Å²) in [5, 5.41) is 11.0. The van der Waals surface area contributed by atoms with Crippen LogP contribution in [0.1, 0.15) is 34.1 Å². The Morgan fingerprint density at radius 3 is 2.08 bits per heavy atom. The van der Waals surface area contributed by atoms with E-state index in [0.717, 1.165) is 13.1 Å². The second-order valence-electron chi connectivity index (χ2n) is 2.79. The van der Waals surface area contributed by atoms with E-state index in [4.69, 9.17) is 4.74 Å². The Balaban J connectivity index is 3.75. The average molecular weight is 174 g/mol. The summed E-state index contributed by atoms with van der Waals surface area (Å²) in [4.78, 5) is 2.11. The molecule has 0 heterocycles. The molecule has 3 nitrogen and oxygen atoms in total. The first-order chi connectivity index (χ1) is 5.65. The molecule has 0 aromatic carbocycles. The predicted octanol–water partition coefficient (Wildman–Crippen LogP) is 1.86. The molecule has 0 aliphatic carbocycles. The van der Waals surface area contributed by atoms with Crippen LogP contribution in [0.25, 0.3) is 0 Å². The number of hydrogen-bond donors (Lipinski definition) is 0. The number of nitrogens with zero attached hydrogens (tertiary/aromatic N) is 1. The van der Waals surface area contributed by atoms with Crippen LogP contribution in [-0.2, 0) is 9.84 Å². The molecule has 0 saturated heterocycles. The van der Waals surface area contributed by atoms with E-state index in [0.29, 0.717) is 6.42 Å². The van der Waals surface area contributed by atoms with Crippen molar-refractivity contribution in [1.29, 1.82) is 0 Å². The Morgan fingerprint density at radius 1 is 1.25 bits per heavy atom. The topological polar surface area (TPSA) is 32.4 Å². The van der Waals surface area contributed by atoms with Crippen LogP contribution >= 0.6 is 0 Å². The van der Waals surface area contributed by atoms with Crippen molar-refractivity contribution in [3.8, 4) is 0 Å². The zero-order valence-electron chi connectivity index (χ0n) is 8.54. The van der Waals surface area contributed by atoms with Gasteiger partial charge in [0.15, 0.2) is 6.29 Å². The largest absolute Gasteiger partial charge is 0.332 e. The van der Waals surface area contributed by atoms with Crippen molar-refractivity contribution in [2.45, 2.75) is 46.6 Å². The monoisotopic (exact) mass is 174 g/mol. The molecule has 0 amide bonds. The Morgan fingerprint density at radius 2 is 1.75 bits per heavy atom. The first-order valence-electron chi connectivity index (χ1n) is 4.70. The van der Waals surface area contributed by atoms with Crippen molar-refractivity contribution < 1.29 is 9.84 Å². The van der Waals surface area contributed by atoms with Crippen LogP contribution in [0.5, 0.6) is 0 Å². The Kier molecular flexibility index (Phi) is 6.34. The lowest BCUT2D eigenvalue weighted by Gasteiger charge is -2.27. The molecule has 0 bridgehead atoms. The third-order valence-corrected chi connectivity index (χ3v) is 2.01. The minimum absolute atomic E-state index is 0.0533. The van der Waals surface area contributed by atoms with Gasteiger partial charge in [0.2, 0.25) is 0 Å². The second-order valence-corrected chi connectivity index (χ2v) is 2.79. The highest BCUT2D eigenvalue weighted by atomic mass is 16.6. The van der Waals surface area contributed by atoms with Gasteiger partial charge < -0.3 is 4.74 Å². The summed E-state index contributed by atoms with van der Waals surface area (Å²) < 4.78 is 5.21. The fourth-order valence-electron chi connectivity index (χ4n) is 1.14. The fourth-order valence-corrected chi connectivity index (χ4v) is 1.14. The summed E-state index contributed by atoms with van der Waals surface area (Å²) in [5.41, 5.74) is 0. The van der Waals surface area contributed by atoms with E-state index in [1.807, 2.05) is 13.8 Å². The van der Waals surface area contributed by atoms with Gasteiger partial charge in [0.25, 0.3) is 0 Å². The minimum Gasteiger partial charge on any atom is -0.332 e. The van der Waals surface area contributed by atoms with E-state index in [2.05, 4.69) is 18.7 Å². The SMILES string of the molecule is CCC([O])OC(C)N(CC)CC. The molecule has 0 N–H and O–H groups in total. The van der Waals surface area contributed by atoms with E-state index in [1.165, 1.54) is 0 Å². The van der Waals surface area contributed by atoms with Crippen molar-refractivity contribution in [2.24, 2.45) is 0 Å². The van der Waals surface area contributed by atoms with E-state index >= 15 is 0 Å². The summed E-state index contributed by atoms with van der Waals surface area (Å²) in [6.07, 6.45) is -0.394. The molecule has 0 spiro atoms. The standard InChI is InChI=1S/C9H20NO2/c1-5-9(11)12-8(4)10(6-2)7-3/h8-9H,5-7H2,1-4H3. The maximum atomic E-state index is 11.0. The molecule has 0 aromatic rings. The molecule has 2 atom stereocenters. The van der Waals surface area contributed by atoms with Crippen LogP contribution in [0, 0.1) is 0 Å². The highest BCUT2D eigenvalue weighted by Gasteiger charge is 2.14. The Hall–Kier alpha value is -0.120. The molecular weight excluding hydrogens is 154 g/mol. The minimum atomic E-state index is -0.874. The summed E-state index contributed by atoms with van der Waals surface area (Å²) in [6.45, 7) is 9.74. The highest BCUT2D eigenvalue weighted by Crippen LogP contribution is 2.04. The maximum Gasteiger partial charge on any atom is 0.192 e. The lowest BCUT2D eigenvalue weighted by molar-refractivity contribution is -0.201. The summed E-state index contributed by atoms with van der Waals surface area (Å²) >= 11 is 0. The van der Waals surface area contributed by atoms with E-state index in [-0.39, 0.29) is 6.23 Å². The number of hydrogen-bond acceptors (Lipinski definition) is 2. The Bertz CT molecular complexity index is 105. The smallest absolute Gasteiger partial charge is 0.192 e. The molecule has 0 fully saturated rings. The van der Waals surface area contributed by atoms with Crippen LogP contribution in [-0.4, -0.2) is 30.5 Å². The lowest BCUT2D eigenvalue weighted by atomic mass is 10.4. The summed E-state index contributed by atoms with van der Waals surface area (Å²) in [6, 6.07) is 0. The zero-order valence-corrected chi connectivity index (χ0v) is 8.54. The second kappa shape index (κ2) is 6.40. The third-order valence-electron chi connectivity index (χ3n) is 2.01. The van der Waals surface area contributed by atoms with Gasteiger partial charge in [-0.2, -0.15) is 0 Å². The predicted molar refractivity (Wildman–Crippen MR) is 48.2 cm³/mol. The number of rotatable bonds is 6. The van der Waals surface area contributed by atoms with E-state index in [9.17, 15) is 5.11 Å². The quantitative estimate of drug-likeness (QED) is 0.576. The normalized spacial score (nSPS) is 16.5. The van der Waals surface area contributed by atoms with Gasteiger partial charge in [0.1, 0.15) is 6.23 Å². The molecule has 0 aliphatic heterocycles. The van der Waals surface area contributed by atoms with Crippen molar-refractivity contribution >= 4 is 0 Å². The average Bonchev–Trinajstić information content (AvgIpc) is 2.06. The van der Waals surface area contributed by atoms with Gasteiger partial charge in [-0.15, -0.1) is 0 Å². The third kappa shape index (κ3) is 4.04. The van der Waals surface area contributed by atoms with Crippen LogP contribution in [0.2, 0.25) is 0 Å². The summed E-state index contributed by atoms with van der Waals surface area (Å²) in [7, 11) is 0. The molecule has 3 heteroatoms. The maximum absolute atomic E-state index is 11.0. The van der Waals surface area contributed by atoms with Crippen LogP contribution in [0.15, 0.2) is 0 Å². The molecule has 12 heavy (non-hydrogen) atoms. The molecule has 0 aromatic heterocycles. The van der Waals surface area contributed by atoms with Crippen molar-refractivity contribution in [3.05, 3.63) is 0 Å². The molecule has 1 radical (unpaired) electrons. The van der Waals surface area contributed by atoms with Gasteiger partial charge in [-0.25, -0.2) is 5.11 Å². The van der Waals surface area contributed by atoms with Gasteiger partial charge in [0.05, 0.1) is 0 Å². The van der Waals surface area contributed by atoms with E-state index in [1.54, 1.807) is 0 Å². The van der Waals surface area contributed by atoms with Gasteiger partial charge in [0, 0.05) is 0 Å². The molecular formula is C9H20NO2. The molecule has 73 valence electrons. The van der Waals surface area contributed by atoms with Gasteiger partial charge in [-0.05, 0) is 26.4 Å². The summed E-state index contributed by atoms with van der Waals surface area (Å²) in [5.74, 6) is 0. The van der Waals surface area contributed by atoms with Crippen molar-refractivity contribution in [3.63, 3.8) is 0 Å². The molecule has 0 rings (SSSR count). The fraction of sp³-hybridized carbons (Fsp3) is 1.00. The van der Waals surface area contributed by atoms with Crippen LogP contribution in [0.3, 0.4) is 0 Å². The lowest BCUT2D eigenvalue weighted by Crippen LogP contribution is -2.37. The first kappa shape index (κ1) is 11.9. The van der Waals surface area contributed by atoms with Gasteiger partial charge in [-0.1, -0.05) is 20.8 Å². The van der Waals surface area contributed by atoms with Crippen molar-refractivity contribution in [1.82, 2.24) is 4.90 Å². The first-order valence-corrected chi connectivity index (χ1v) is 4.70. The molecule has 0 aliphatic rings. The zero-order chi connectivity index (χ0) is 9.56. The van der Waals surface area contributed by atoms with Crippen LogP contribution in [0.4, 0.5) is 0 Å². The highest BCUT2D eigenvalue weighted by molar-refractivity contribution is 4.54. The van der Waals surface area contributed by atoms with Crippen molar-refractivity contribution in [2.75, 3.05) is 13.1 Å². The Labute approximate surface area is 75.3 Å². The molecule has 2 unspecified atom stereocenters. The number of ether oxygens (including phenoxy) is 1. The molecule has 0 saturated carbocycles. The van der Waals surface area contributed by atoms with Gasteiger partial charge in [-0.3, -0.25) is 4.90 Å². The van der Waals surface area contributed by atoms with E-state index < -0.39 is 6.29 Å². The van der Waals surface area contributed by atoms with Crippen LogP contribution < -0.4 is 0 Å². The van der Waals surface area contributed by atoms with Gasteiger partial charge >= 0.3 is 0 Å².